The number of carbonyl (C=O) groups excluding carboxylic acids is 1. The van der Waals surface area contributed by atoms with Crippen LogP contribution in [0.25, 0.3) is 0 Å². The van der Waals surface area contributed by atoms with Crippen molar-refractivity contribution in [2.24, 2.45) is 0 Å². The number of anilines is 1. The molecule has 1 aliphatic heterocycles. The van der Waals surface area contributed by atoms with E-state index in [0.29, 0.717) is 19.1 Å². The molecule has 0 atom stereocenters. The zero-order valence-electron chi connectivity index (χ0n) is 12.7. The standard InChI is InChI=1S/C14H23N5O/c1-10(2)17-13-11-5-7-19(14(20)18(3)4)8-6-12(11)15-9-16-13/h9-10H,5-8H2,1-4H3,(H,15,16,17). The molecule has 1 aliphatic rings. The first kappa shape index (κ1) is 14.6. The molecular formula is C14H23N5O. The number of hydrogen-bond acceptors (Lipinski definition) is 4. The highest BCUT2D eigenvalue weighted by molar-refractivity contribution is 5.74. The molecule has 0 spiro atoms. The van der Waals surface area contributed by atoms with Crippen LogP contribution in [0.2, 0.25) is 0 Å². The molecular weight excluding hydrogens is 254 g/mol. The summed E-state index contributed by atoms with van der Waals surface area (Å²) in [7, 11) is 3.57. The summed E-state index contributed by atoms with van der Waals surface area (Å²) in [5.41, 5.74) is 2.20. The van der Waals surface area contributed by atoms with Gasteiger partial charge in [-0.25, -0.2) is 14.8 Å². The SMILES string of the molecule is CC(C)Nc1ncnc2c1CCN(C(=O)N(C)C)CC2. The van der Waals surface area contributed by atoms with Crippen molar-refractivity contribution in [3.63, 3.8) is 0 Å². The smallest absolute Gasteiger partial charge is 0.319 e. The lowest BCUT2D eigenvalue weighted by Gasteiger charge is -2.24. The fourth-order valence-corrected chi connectivity index (χ4v) is 2.40. The number of fused-ring (bicyclic) bond motifs is 1. The summed E-state index contributed by atoms with van der Waals surface area (Å²) in [6, 6.07) is 0.390. The number of urea groups is 1. The third-order valence-corrected chi connectivity index (χ3v) is 3.36. The van der Waals surface area contributed by atoms with Gasteiger partial charge in [0.15, 0.2) is 0 Å². The summed E-state index contributed by atoms with van der Waals surface area (Å²) < 4.78 is 0. The van der Waals surface area contributed by atoms with Gasteiger partial charge in [-0.05, 0) is 20.3 Å². The Balaban J connectivity index is 2.18. The molecule has 20 heavy (non-hydrogen) atoms. The molecule has 0 aromatic carbocycles. The fraction of sp³-hybridized carbons (Fsp3) is 0.643. The van der Waals surface area contributed by atoms with Gasteiger partial charge in [0.05, 0.1) is 5.69 Å². The molecule has 2 heterocycles. The van der Waals surface area contributed by atoms with Crippen molar-refractivity contribution >= 4 is 11.8 Å². The number of hydrogen-bond donors (Lipinski definition) is 1. The van der Waals surface area contributed by atoms with Gasteiger partial charge < -0.3 is 15.1 Å². The molecule has 2 rings (SSSR count). The van der Waals surface area contributed by atoms with E-state index in [2.05, 4.69) is 29.1 Å². The van der Waals surface area contributed by atoms with Crippen molar-refractivity contribution in [1.29, 1.82) is 0 Å². The largest absolute Gasteiger partial charge is 0.368 e. The van der Waals surface area contributed by atoms with E-state index in [1.807, 2.05) is 4.90 Å². The Hall–Kier alpha value is -1.85. The van der Waals surface area contributed by atoms with Gasteiger partial charge in [0.1, 0.15) is 12.1 Å². The normalized spacial score (nSPS) is 14.8. The molecule has 0 saturated heterocycles. The number of nitrogens with zero attached hydrogens (tertiary/aromatic N) is 4. The van der Waals surface area contributed by atoms with Gasteiger partial charge in [0, 0.05) is 45.2 Å². The topological polar surface area (TPSA) is 61.4 Å². The van der Waals surface area contributed by atoms with Crippen molar-refractivity contribution in [2.75, 3.05) is 32.5 Å². The Bertz CT molecular complexity index is 486. The van der Waals surface area contributed by atoms with Crippen molar-refractivity contribution in [1.82, 2.24) is 19.8 Å². The van der Waals surface area contributed by atoms with Gasteiger partial charge in [-0.3, -0.25) is 0 Å². The molecule has 0 fully saturated rings. The average molecular weight is 277 g/mol. The number of aromatic nitrogens is 2. The van der Waals surface area contributed by atoms with E-state index in [1.54, 1.807) is 25.3 Å². The molecule has 2 amide bonds. The Morgan fingerprint density at radius 2 is 2.00 bits per heavy atom. The average Bonchev–Trinajstić information content (AvgIpc) is 2.60. The lowest BCUT2D eigenvalue weighted by atomic mass is 10.1. The van der Waals surface area contributed by atoms with E-state index < -0.39 is 0 Å². The minimum Gasteiger partial charge on any atom is -0.368 e. The Morgan fingerprint density at radius 1 is 1.30 bits per heavy atom. The first-order chi connectivity index (χ1) is 9.49. The van der Waals surface area contributed by atoms with Gasteiger partial charge in [-0.15, -0.1) is 0 Å². The van der Waals surface area contributed by atoms with Crippen LogP contribution in [0, 0.1) is 0 Å². The van der Waals surface area contributed by atoms with Crippen LogP contribution in [0.5, 0.6) is 0 Å². The van der Waals surface area contributed by atoms with Crippen molar-refractivity contribution in [3.05, 3.63) is 17.6 Å². The number of amides is 2. The van der Waals surface area contributed by atoms with Crippen molar-refractivity contribution in [2.45, 2.75) is 32.7 Å². The van der Waals surface area contributed by atoms with E-state index in [4.69, 9.17) is 0 Å². The quantitative estimate of drug-likeness (QED) is 0.887. The predicted octanol–water partition coefficient (Wildman–Crippen LogP) is 1.38. The van der Waals surface area contributed by atoms with Crippen LogP contribution in [-0.2, 0) is 12.8 Å². The highest BCUT2D eigenvalue weighted by atomic mass is 16.2. The van der Waals surface area contributed by atoms with E-state index >= 15 is 0 Å². The summed E-state index contributed by atoms with van der Waals surface area (Å²) in [6.45, 7) is 5.60. The molecule has 1 aromatic heterocycles. The number of carbonyl (C=O) groups is 1. The van der Waals surface area contributed by atoms with Gasteiger partial charge in [-0.1, -0.05) is 0 Å². The lowest BCUT2D eigenvalue weighted by Crippen LogP contribution is -2.40. The Kier molecular flexibility index (Phi) is 4.42. The van der Waals surface area contributed by atoms with Gasteiger partial charge in [-0.2, -0.15) is 0 Å². The summed E-state index contributed by atoms with van der Waals surface area (Å²) in [6.07, 6.45) is 3.18. The Labute approximate surface area is 120 Å². The van der Waals surface area contributed by atoms with Crippen LogP contribution < -0.4 is 5.32 Å². The molecule has 0 saturated carbocycles. The van der Waals surface area contributed by atoms with E-state index in [0.717, 1.165) is 29.9 Å². The maximum atomic E-state index is 12.1. The second kappa shape index (κ2) is 6.07. The first-order valence-corrected chi connectivity index (χ1v) is 7.04. The van der Waals surface area contributed by atoms with Crippen LogP contribution in [0.1, 0.15) is 25.1 Å². The molecule has 0 unspecified atom stereocenters. The van der Waals surface area contributed by atoms with E-state index in [-0.39, 0.29) is 6.03 Å². The molecule has 1 N–H and O–H groups in total. The number of rotatable bonds is 2. The fourth-order valence-electron chi connectivity index (χ4n) is 2.40. The van der Waals surface area contributed by atoms with Crippen LogP contribution in [0.15, 0.2) is 6.33 Å². The molecule has 1 aromatic rings. The van der Waals surface area contributed by atoms with Crippen LogP contribution >= 0.6 is 0 Å². The van der Waals surface area contributed by atoms with Gasteiger partial charge in [0.2, 0.25) is 0 Å². The summed E-state index contributed by atoms with van der Waals surface area (Å²) in [5.74, 6) is 0.907. The second-order valence-electron chi connectivity index (χ2n) is 5.61. The molecule has 6 heteroatoms. The molecule has 0 aliphatic carbocycles. The molecule has 6 nitrogen and oxygen atoms in total. The van der Waals surface area contributed by atoms with Crippen molar-refractivity contribution in [3.8, 4) is 0 Å². The van der Waals surface area contributed by atoms with Crippen molar-refractivity contribution < 1.29 is 4.79 Å². The third-order valence-electron chi connectivity index (χ3n) is 3.36. The maximum Gasteiger partial charge on any atom is 0.319 e. The summed E-state index contributed by atoms with van der Waals surface area (Å²) in [4.78, 5) is 24.3. The van der Waals surface area contributed by atoms with E-state index in [9.17, 15) is 4.79 Å². The molecule has 0 radical (unpaired) electrons. The minimum atomic E-state index is 0.0594. The Morgan fingerprint density at radius 3 is 2.65 bits per heavy atom. The maximum absolute atomic E-state index is 12.1. The first-order valence-electron chi connectivity index (χ1n) is 7.04. The minimum absolute atomic E-state index is 0.0594. The van der Waals surface area contributed by atoms with Crippen LogP contribution in [0.4, 0.5) is 10.6 Å². The van der Waals surface area contributed by atoms with Gasteiger partial charge >= 0.3 is 6.03 Å². The zero-order valence-corrected chi connectivity index (χ0v) is 12.7. The van der Waals surface area contributed by atoms with Crippen LogP contribution in [-0.4, -0.2) is 59.0 Å². The summed E-state index contributed by atoms with van der Waals surface area (Å²) >= 11 is 0. The molecule has 0 bridgehead atoms. The monoisotopic (exact) mass is 277 g/mol. The molecule has 110 valence electrons. The highest BCUT2D eigenvalue weighted by Gasteiger charge is 2.22. The van der Waals surface area contributed by atoms with Gasteiger partial charge in [0.25, 0.3) is 0 Å². The second-order valence-corrected chi connectivity index (χ2v) is 5.61. The lowest BCUT2D eigenvalue weighted by molar-refractivity contribution is 0.173. The van der Waals surface area contributed by atoms with Crippen LogP contribution in [0.3, 0.4) is 0 Å². The predicted molar refractivity (Wildman–Crippen MR) is 78.9 cm³/mol. The zero-order chi connectivity index (χ0) is 14.7. The van der Waals surface area contributed by atoms with E-state index in [1.165, 1.54) is 0 Å². The number of nitrogens with one attached hydrogen (secondary N) is 1. The summed E-state index contributed by atoms with van der Waals surface area (Å²) in [5, 5.41) is 3.36. The third kappa shape index (κ3) is 3.18. The highest BCUT2D eigenvalue weighted by Crippen LogP contribution is 2.21.